The Hall–Kier alpha value is -2.49. The average molecular weight is 380 g/mol. The third-order valence-corrected chi connectivity index (χ3v) is 5.77. The maximum atomic E-state index is 6.33. The largest absolute Gasteiger partial charge is 0.358 e. The summed E-state index contributed by atoms with van der Waals surface area (Å²) in [6.45, 7) is 2.14. The van der Waals surface area contributed by atoms with E-state index in [0.717, 1.165) is 33.7 Å². The lowest BCUT2D eigenvalue weighted by Crippen LogP contribution is -2.42. The first kappa shape index (κ1) is 15.7. The molecule has 0 bridgehead atoms. The van der Waals surface area contributed by atoms with Crippen LogP contribution in [0.4, 0.5) is 5.69 Å². The summed E-state index contributed by atoms with van der Waals surface area (Å²) in [5.41, 5.74) is 4.63. The van der Waals surface area contributed by atoms with Gasteiger partial charge in [0.1, 0.15) is 11.5 Å². The van der Waals surface area contributed by atoms with Crippen LogP contribution in [0.25, 0.3) is 22.4 Å². The number of nitrogens with one attached hydrogen (secondary N) is 1. The smallest absolute Gasteiger partial charge is 0.145 e. The summed E-state index contributed by atoms with van der Waals surface area (Å²) in [6.07, 6.45) is 0. The molecule has 0 saturated heterocycles. The summed E-state index contributed by atoms with van der Waals surface area (Å²) >= 11 is 12.5. The molecule has 3 nitrogen and oxygen atoms in total. The molecule has 1 aliphatic heterocycles. The van der Waals surface area contributed by atoms with Gasteiger partial charge in [0, 0.05) is 11.3 Å². The van der Waals surface area contributed by atoms with Crippen molar-refractivity contribution >= 4 is 39.9 Å². The fourth-order valence-corrected chi connectivity index (χ4v) is 4.06. The Bertz CT molecular complexity index is 1170. The zero-order chi connectivity index (χ0) is 17.9. The summed E-state index contributed by atoms with van der Waals surface area (Å²) in [5, 5.41) is 4.78. The zero-order valence-electron chi connectivity index (χ0n) is 14.0. The number of anilines is 1. The second-order valence-corrected chi connectivity index (χ2v) is 7.45. The van der Waals surface area contributed by atoms with Gasteiger partial charge in [-0.1, -0.05) is 53.5 Å². The van der Waals surface area contributed by atoms with Gasteiger partial charge in [-0.25, -0.2) is 4.98 Å². The fourth-order valence-electron chi connectivity index (χ4n) is 3.76. The summed E-state index contributed by atoms with van der Waals surface area (Å²) < 4.78 is 2.24. The minimum atomic E-state index is -0.548. The lowest BCUT2D eigenvalue weighted by Gasteiger charge is -2.40. The Balaban J connectivity index is 1.87. The lowest BCUT2D eigenvalue weighted by atomic mass is 9.96. The number of fused-ring (bicyclic) bond motifs is 5. The van der Waals surface area contributed by atoms with Crippen molar-refractivity contribution in [3.63, 3.8) is 0 Å². The number of para-hydroxylation sites is 3. The van der Waals surface area contributed by atoms with Gasteiger partial charge in [0.2, 0.25) is 0 Å². The summed E-state index contributed by atoms with van der Waals surface area (Å²) in [5.74, 6) is 0.939. The molecule has 2 heterocycles. The number of imidazole rings is 1. The number of rotatable bonds is 1. The molecule has 128 valence electrons. The first-order valence-corrected chi connectivity index (χ1v) is 9.14. The van der Waals surface area contributed by atoms with E-state index in [0.29, 0.717) is 10.0 Å². The normalized spacial score (nSPS) is 18.3. The third-order valence-electron chi connectivity index (χ3n) is 5.04. The molecule has 0 fully saturated rings. The first-order chi connectivity index (χ1) is 12.6. The molecular formula is C21H15Cl2N3. The van der Waals surface area contributed by atoms with Gasteiger partial charge in [0.25, 0.3) is 0 Å². The molecule has 0 spiro atoms. The van der Waals surface area contributed by atoms with E-state index in [1.165, 1.54) is 0 Å². The molecule has 4 aromatic rings. The van der Waals surface area contributed by atoms with E-state index in [-0.39, 0.29) is 0 Å². The second-order valence-electron chi connectivity index (χ2n) is 6.63. The first-order valence-electron chi connectivity index (χ1n) is 8.39. The van der Waals surface area contributed by atoms with Crippen LogP contribution in [0.3, 0.4) is 0 Å². The van der Waals surface area contributed by atoms with Gasteiger partial charge in [-0.05, 0) is 48.9 Å². The summed E-state index contributed by atoms with van der Waals surface area (Å²) in [4.78, 5) is 4.92. The van der Waals surface area contributed by atoms with Gasteiger partial charge in [-0.2, -0.15) is 0 Å². The Morgan fingerprint density at radius 3 is 2.54 bits per heavy atom. The van der Waals surface area contributed by atoms with Crippen LogP contribution in [0.5, 0.6) is 0 Å². The van der Waals surface area contributed by atoms with Gasteiger partial charge in [0.05, 0.1) is 21.1 Å². The third kappa shape index (κ3) is 2.11. The monoisotopic (exact) mass is 379 g/mol. The molecule has 1 aromatic heterocycles. The van der Waals surface area contributed by atoms with Crippen molar-refractivity contribution in [1.82, 2.24) is 9.55 Å². The van der Waals surface area contributed by atoms with Crippen molar-refractivity contribution in [2.45, 2.75) is 12.6 Å². The maximum Gasteiger partial charge on any atom is 0.145 e. The van der Waals surface area contributed by atoms with Crippen LogP contribution >= 0.6 is 23.2 Å². The minimum absolute atomic E-state index is 0.539. The van der Waals surface area contributed by atoms with Crippen LogP contribution in [0.2, 0.25) is 10.0 Å². The topological polar surface area (TPSA) is 29.9 Å². The summed E-state index contributed by atoms with van der Waals surface area (Å²) in [6, 6.07) is 22.2. The number of benzene rings is 3. The molecule has 1 atom stereocenters. The van der Waals surface area contributed by atoms with Crippen LogP contribution in [-0.2, 0) is 5.66 Å². The molecule has 3 aromatic carbocycles. The molecule has 0 saturated carbocycles. The van der Waals surface area contributed by atoms with E-state index in [1.54, 1.807) is 0 Å². The van der Waals surface area contributed by atoms with Crippen LogP contribution in [0.15, 0.2) is 66.7 Å². The molecule has 26 heavy (non-hydrogen) atoms. The van der Waals surface area contributed by atoms with Gasteiger partial charge >= 0.3 is 0 Å². The van der Waals surface area contributed by atoms with Crippen LogP contribution in [-0.4, -0.2) is 9.55 Å². The molecule has 0 aliphatic carbocycles. The van der Waals surface area contributed by atoms with E-state index < -0.39 is 5.66 Å². The molecule has 0 radical (unpaired) electrons. The molecule has 5 heteroatoms. The van der Waals surface area contributed by atoms with E-state index in [9.17, 15) is 0 Å². The molecular weight excluding hydrogens is 365 g/mol. The molecule has 5 rings (SSSR count). The van der Waals surface area contributed by atoms with Crippen molar-refractivity contribution in [3.8, 4) is 11.4 Å². The Kier molecular flexibility index (Phi) is 3.33. The van der Waals surface area contributed by atoms with Gasteiger partial charge in [-0.15, -0.1) is 0 Å². The Morgan fingerprint density at radius 1 is 0.923 bits per heavy atom. The SMILES string of the molecule is CC1(c2ccc(Cl)c(Cl)c2)Nc2ccccc2-c2nc3ccccc3n21. The quantitative estimate of drug-likeness (QED) is 0.429. The van der Waals surface area contributed by atoms with Gasteiger partial charge < -0.3 is 5.32 Å². The number of hydrogen-bond donors (Lipinski definition) is 1. The highest BCUT2D eigenvalue weighted by molar-refractivity contribution is 6.42. The van der Waals surface area contributed by atoms with Crippen molar-refractivity contribution < 1.29 is 0 Å². The number of nitrogens with zero attached hydrogens (tertiary/aromatic N) is 2. The number of aromatic nitrogens is 2. The van der Waals surface area contributed by atoms with Crippen molar-refractivity contribution in [2.24, 2.45) is 0 Å². The van der Waals surface area contributed by atoms with Crippen LogP contribution in [0.1, 0.15) is 12.5 Å². The Morgan fingerprint density at radius 2 is 1.69 bits per heavy atom. The van der Waals surface area contributed by atoms with Gasteiger partial charge in [-0.3, -0.25) is 4.57 Å². The van der Waals surface area contributed by atoms with E-state index in [1.807, 2.05) is 48.5 Å². The number of hydrogen-bond acceptors (Lipinski definition) is 2. The fraction of sp³-hybridized carbons (Fsp3) is 0.0952. The van der Waals surface area contributed by atoms with Crippen molar-refractivity contribution in [1.29, 1.82) is 0 Å². The van der Waals surface area contributed by atoms with E-state index in [4.69, 9.17) is 28.2 Å². The Labute approximate surface area is 161 Å². The minimum Gasteiger partial charge on any atom is -0.358 e. The van der Waals surface area contributed by atoms with Crippen LogP contribution in [0, 0.1) is 0 Å². The maximum absolute atomic E-state index is 6.33. The molecule has 1 N–H and O–H groups in total. The van der Waals surface area contributed by atoms with Crippen molar-refractivity contribution in [3.05, 3.63) is 82.3 Å². The van der Waals surface area contributed by atoms with Gasteiger partial charge in [0.15, 0.2) is 0 Å². The standard InChI is InChI=1S/C21H15Cl2N3/c1-21(13-10-11-15(22)16(23)12-13)25-17-7-3-2-6-14(17)20-24-18-8-4-5-9-19(18)26(20)21/h2-12,25H,1H3. The number of halogens is 2. The average Bonchev–Trinajstić information content (AvgIpc) is 3.05. The lowest BCUT2D eigenvalue weighted by molar-refractivity contribution is 0.463. The molecule has 1 aliphatic rings. The van der Waals surface area contributed by atoms with E-state index >= 15 is 0 Å². The summed E-state index contributed by atoms with van der Waals surface area (Å²) in [7, 11) is 0. The van der Waals surface area contributed by atoms with Crippen LogP contribution < -0.4 is 5.32 Å². The molecule has 0 amide bonds. The highest BCUT2D eigenvalue weighted by Gasteiger charge is 2.38. The van der Waals surface area contributed by atoms with E-state index in [2.05, 4.69) is 35.0 Å². The predicted octanol–water partition coefficient (Wildman–Crippen LogP) is 6.16. The second kappa shape index (κ2) is 5.50. The highest BCUT2D eigenvalue weighted by atomic mass is 35.5. The van der Waals surface area contributed by atoms with Crippen molar-refractivity contribution in [2.75, 3.05) is 5.32 Å². The highest BCUT2D eigenvalue weighted by Crippen LogP contribution is 2.44. The predicted molar refractivity (Wildman–Crippen MR) is 108 cm³/mol. The molecule has 1 unspecified atom stereocenters. The zero-order valence-corrected chi connectivity index (χ0v) is 15.5.